The van der Waals surface area contributed by atoms with Crippen molar-refractivity contribution >= 4 is 89.8 Å². The van der Waals surface area contributed by atoms with Gasteiger partial charge in [-0.2, -0.15) is 38.8 Å². The van der Waals surface area contributed by atoms with Crippen LogP contribution in [-0.2, 0) is 54.8 Å². The first-order valence-corrected chi connectivity index (χ1v) is 20.3. The summed E-state index contributed by atoms with van der Waals surface area (Å²) in [7, 11) is -24.5. The number of azo groups is 2. The number of halogens is 1. The SMILES string of the molecule is Nc1c(N=Nc2ccc(S(=O)(=O)CCOS(=O)(=O)O)cc2)c(S(=O)(=O)O)cc2cc(S(=O)(=O)O)c(N=Nc3ccc(S(=O)(=O)O)cc3F)c(O)c12. The number of benzene rings is 4. The number of aromatic hydroxyl groups is 1. The highest BCUT2D eigenvalue weighted by atomic mass is 32.3. The summed E-state index contributed by atoms with van der Waals surface area (Å²) in [6.45, 7) is -0.912. The summed E-state index contributed by atoms with van der Waals surface area (Å²) in [5.74, 6) is -3.46. The summed E-state index contributed by atoms with van der Waals surface area (Å²) in [4.78, 5) is -3.55. The van der Waals surface area contributed by atoms with Crippen LogP contribution in [0.25, 0.3) is 10.8 Å². The molecule has 274 valence electrons. The lowest BCUT2D eigenvalue weighted by molar-refractivity contribution is 0.284. The van der Waals surface area contributed by atoms with Gasteiger partial charge >= 0.3 is 10.4 Å². The number of phenols is 1. The van der Waals surface area contributed by atoms with E-state index in [1.807, 2.05) is 0 Å². The van der Waals surface area contributed by atoms with Crippen LogP contribution in [0.3, 0.4) is 0 Å². The summed E-state index contributed by atoms with van der Waals surface area (Å²) < 4.78 is 174. The molecule has 0 atom stereocenters. The Morgan fingerprint density at radius 1 is 0.667 bits per heavy atom. The first kappa shape index (κ1) is 39.2. The van der Waals surface area contributed by atoms with Crippen molar-refractivity contribution in [2.75, 3.05) is 18.1 Å². The predicted octanol–water partition coefficient (Wildman–Crippen LogP) is 3.43. The molecule has 0 saturated heterocycles. The fraction of sp³-hybridized carbons (Fsp3) is 0.0833. The van der Waals surface area contributed by atoms with Crippen LogP contribution < -0.4 is 5.73 Å². The molecule has 0 unspecified atom stereocenters. The van der Waals surface area contributed by atoms with Gasteiger partial charge in [0.25, 0.3) is 30.4 Å². The maximum Gasteiger partial charge on any atom is 0.397 e. The number of hydrogen-bond acceptors (Lipinski definition) is 17. The second kappa shape index (κ2) is 13.9. The summed E-state index contributed by atoms with van der Waals surface area (Å²) in [6.07, 6.45) is 0. The molecule has 0 aliphatic heterocycles. The van der Waals surface area contributed by atoms with Gasteiger partial charge in [0, 0.05) is 0 Å². The van der Waals surface area contributed by atoms with E-state index in [9.17, 15) is 60.7 Å². The second-order valence-corrected chi connectivity index (χ2v) is 17.2. The third-order valence-corrected chi connectivity index (χ3v) is 11.1. The molecule has 27 heteroatoms. The fourth-order valence-electron chi connectivity index (χ4n) is 4.13. The van der Waals surface area contributed by atoms with Crippen molar-refractivity contribution in [2.24, 2.45) is 20.5 Å². The van der Waals surface area contributed by atoms with Crippen LogP contribution >= 0.6 is 0 Å². The van der Waals surface area contributed by atoms with Crippen molar-refractivity contribution < 1.29 is 74.0 Å². The minimum absolute atomic E-state index is 0.161. The van der Waals surface area contributed by atoms with Crippen LogP contribution in [-0.4, -0.2) is 77.8 Å². The maximum absolute atomic E-state index is 14.5. The zero-order valence-electron chi connectivity index (χ0n) is 24.6. The summed E-state index contributed by atoms with van der Waals surface area (Å²) >= 11 is 0. The highest BCUT2D eigenvalue weighted by Crippen LogP contribution is 2.48. The van der Waals surface area contributed by atoms with Gasteiger partial charge < -0.3 is 10.8 Å². The lowest BCUT2D eigenvalue weighted by atomic mass is 10.1. The van der Waals surface area contributed by atoms with Gasteiger partial charge in [-0.3, -0.25) is 18.2 Å². The topological polar surface area (TPSA) is 357 Å². The van der Waals surface area contributed by atoms with Crippen LogP contribution in [0, 0.1) is 5.82 Å². The predicted molar refractivity (Wildman–Crippen MR) is 170 cm³/mol. The molecule has 4 aromatic rings. The molecule has 4 aromatic carbocycles. The van der Waals surface area contributed by atoms with Crippen LogP contribution in [0.4, 0.5) is 32.8 Å². The second-order valence-electron chi connectivity index (χ2n) is 9.81. The lowest BCUT2D eigenvalue weighted by Gasteiger charge is -2.14. The first-order valence-electron chi connectivity index (χ1n) is 12.9. The number of anilines is 1. The van der Waals surface area contributed by atoms with Gasteiger partial charge in [0.1, 0.15) is 26.9 Å². The van der Waals surface area contributed by atoms with Gasteiger partial charge in [-0.15, -0.1) is 15.3 Å². The standard InChI is InChI=1S/C24H20FN5O16S5/c25-16-11-15(48(34,35)36)5-6-17(16)28-30-23-19(50(40,41)42)10-12-9-18(49(37,38)39)22(21(26)20(12)24(23)31)29-27-13-1-3-14(4-2-13)47(32,33)8-7-46-51(43,44)45/h1-6,9-11,31H,7-8,26H2,(H,34,35,36)(H,37,38,39)(H,40,41,42)(H,43,44,45). The van der Waals surface area contributed by atoms with E-state index in [-0.39, 0.29) is 10.6 Å². The van der Waals surface area contributed by atoms with Crippen LogP contribution in [0.5, 0.6) is 5.75 Å². The maximum atomic E-state index is 14.5. The number of hydrogen-bond donors (Lipinski definition) is 6. The van der Waals surface area contributed by atoms with Gasteiger partial charge in [0.05, 0.1) is 38.9 Å². The van der Waals surface area contributed by atoms with E-state index in [4.69, 9.17) is 14.8 Å². The van der Waals surface area contributed by atoms with Crippen LogP contribution in [0.15, 0.2) is 94.6 Å². The molecule has 51 heavy (non-hydrogen) atoms. The molecule has 0 spiro atoms. The van der Waals surface area contributed by atoms with E-state index in [0.717, 1.165) is 24.3 Å². The highest BCUT2D eigenvalue weighted by Gasteiger charge is 2.28. The van der Waals surface area contributed by atoms with Crippen molar-refractivity contribution in [1.82, 2.24) is 0 Å². The Labute approximate surface area is 287 Å². The first-order chi connectivity index (χ1) is 23.3. The van der Waals surface area contributed by atoms with Gasteiger partial charge in [-0.25, -0.2) is 17.0 Å². The van der Waals surface area contributed by atoms with E-state index < -0.39 is 123 Å². The summed E-state index contributed by atoms with van der Waals surface area (Å²) in [5.41, 5.74) is 2.45. The molecule has 4 rings (SSSR count). The molecule has 7 N–H and O–H groups in total. The highest BCUT2D eigenvalue weighted by molar-refractivity contribution is 7.91. The smallest absolute Gasteiger partial charge is 0.397 e. The van der Waals surface area contributed by atoms with Crippen molar-refractivity contribution in [2.45, 2.75) is 19.6 Å². The Balaban J connectivity index is 1.84. The van der Waals surface area contributed by atoms with Crippen LogP contribution in [0.1, 0.15) is 0 Å². The average Bonchev–Trinajstić information content (AvgIpc) is 2.98. The third-order valence-electron chi connectivity index (χ3n) is 6.39. The monoisotopic (exact) mass is 813 g/mol. The van der Waals surface area contributed by atoms with Crippen LogP contribution in [0.2, 0.25) is 0 Å². The number of rotatable bonds is 12. The molecule has 0 saturated carbocycles. The number of nitrogen functional groups attached to an aromatic ring is 1. The molecular formula is C24H20FN5O16S5. The van der Waals surface area contributed by atoms with Gasteiger partial charge in [0.15, 0.2) is 21.4 Å². The van der Waals surface area contributed by atoms with Gasteiger partial charge in [-0.05, 0) is 60.0 Å². The Morgan fingerprint density at radius 2 is 1.20 bits per heavy atom. The molecule has 0 aliphatic carbocycles. The Morgan fingerprint density at radius 3 is 1.71 bits per heavy atom. The Hall–Kier alpha value is -4.58. The molecule has 0 aliphatic rings. The number of phenolic OH excluding ortho intramolecular Hbond substituents is 1. The molecular weight excluding hydrogens is 794 g/mol. The number of nitrogens with zero attached hydrogens (tertiary/aromatic N) is 4. The van der Waals surface area contributed by atoms with Crippen molar-refractivity contribution in [3.63, 3.8) is 0 Å². The number of fused-ring (bicyclic) bond motifs is 1. The Bertz CT molecular complexity index is 2700. The summed E-state index contributed by atoms with van der Waals surface area (Å²) in [5, 5.41) is 24.2. The average molecular weight is 814 g/mol. The van der Waals surface area contributed by atoms with E-state index >= 15 is 0 Å². The molecule has 0 amide bonds. The largest absolute Gasteiger partial charge is 0.505 e. The third kappa shape index (κ3) is 9.21. The van der Waals surface area contributed by atoms with Crippen molar-refractivity contribution in [1.29, 1.82) is 0 Å². The molecule has 21 nitrogen and oxygen atoms in total. The van der Waals surface area contributed by atoms with Crippen molar-refractivity contribution in [3.8, 4) is 5.75 Å². The van der Waals surface area contributed by atoms with Gasteiger partial charge in [0.2, 0.25) is 0 Å². The zero-order chi connectivity index (χ0) is 38.3. The van der Waals surface area contributed by atoms with Crippen molar-refractivity contribution in [3.05, 3.63) is 60.4 Å². The van der Waals surface area contributed by atoms with E-state index in [0.29, 0.717) is 30.3 Å². The number of nitrogens with two attached hydrogens (primary N) is 1. The quantitative estimate of drug-likeness (QED) is 0.0677. The van der Waals surface area contributed by atoms with E-state index in [1.165, 1.54) is 0 Å². The zero-order valence-corrected chi connectivity index (χ0v) is 28.7. The molecule has 0 fully saturated rings. The van der Waals surface area contributed by atoms with E-state index in [2.05, 4.69) is 24.6 Å². The van der Waals surface area contributed by atoms with Gasteiger partial charge in [-0.1, -0.05) is 0 Å². The molecule has 0 radical (unpaired) electrons. The number of sulfone groups is 1. The van der Waals surface area contributed by atoms with E-state index in [1.54, 1.807) is 0 Å². The minimum Gasteiger partial charge on any atom is -0.505 e. The normalized spacial score (nSPS) is 13.4. The minimum atomic E-state index is -5.33. The molecule has 0 aromatic heterocycles. The fourth-order valence-corrected chi connectivity index (χ4v) is 7.44. The molecule has 0 heterocycles. The lowest BCUT2D eigenvalue weighted by Crippen LogP contribution is -2.15. The molecule has 0 bridgehead atoms. The Kier molecular flexibility index (Phi) is 10.7. The summed E-state index contributed by atoms with van der Waals surface area (Å²) in [6, 6.07) is 6.99.